The van der Waals surface area contributed by atoms with E-state index in [0.717, 1.165) is 0 Å². The third-order valence-electron chi connectivity index (χ3n) is 2.79. The van der Waals surface area contributed by atoms with E-state index in [4.69, 9.17) is 9.47 Å². The van der Waals surface area contributed by atoms with Gasteiger partial charge in [-0.2, -0.15) is 0 Å². The zero-order valence-electron chi connectivity index (χ0n) is 11.4. The van der Waals surface area contributed by atoms with Gasteiger partial charge in [0, 0.05) is 27.5 Å². The monoisotopic (exact) mass is 401 g/mol. The van der Waals surface area contributed by atoms with Gasteiger partial charge < -0.3 is 14.8 Å². The van der Waals surface area contributed by atoms with Crippen LogP contribution in [0.25, 0.3) is 0 Å². The van der Waals surface area contributed by atoms with Gasteiger partial charge in [0.15, 0.2) is 0 Å². The number of hydrogen-bond donors (Lipinski definition) is 1. The van der Waals surface area contributed by atoms with Crippen LogP contribution in [0.2, 0.25) is 0 Å². The van der Waals surface area contributed by atoms with Crippen molar-refractivity contribution < 1.29 is 18.7 Å². The Morgan fingerprint density at radius 1 is 1.10 bits per heavy atom. The Morgan fingerprint density at radius 2 is 1.71 bits per heavy atom. The van der Waals surface area contributed by atoms with Gasteiger partial charge >= 0.3 is 0 Å². The Balaban J connectivity index is 2.26. The number of halogens is 2. The van der Waals surface area contributed by atoms with Gasteiger partial charge in [-0.25, -0.2) is 4.39 Å². The van der Waals surface area contributed by atoms with Crippen molar-refractivity contribution in [2.24, 2.45) is 0 Å². The van der Waals surface area contributed by atoms with Crippen molar-refractivity contribution in [1.29, 1.82) is 0 Å². The molecule has 2 rings (SSSR count). The molecule has 0 bridgehead atoms. The van der Waals surface area contributed by atoms with Crippen LogP contribution in [0.15, 0.2) is 36.4 Å². The smallest absolute Gasteiger partial charge is 0.256 e. The summed E-state index contributed by atoms with van der Waals surface area (Å²) < 4.78 is 23.9. The number of carbonyl (C=O) groups is 1. The minimum absolute atomic E-state index is 0.324. The Bertz CT molecular complexity index is 654. The van der Waals surface area contributed by atoms with Crippen molar-refractivity contribution >= 4 is 34.2 Å². The summed E-state index contributed by atoms with van der Waals surface area (Å²) in [7, 11) is 3.06. The number of benzene rings is 2. The number of rotatable bonds is 4. The molecule has 0 spiro atoms. The van der Waals surface area contributed by atoms with Gasteiger partial charge in [0.05, 0.1) is 19.8 Å². The van der Waals surface area contributed by atoms with Gasteiger partial charge in [-0.3, -0.25) is 4.79 Å². The van der Waals surface area contributed by atoms with E-state index in [1.165, 1.54) is 32.4 Å². The van der Waals surface area contributed by atoms with E-state index in [1.807, 2.05) is 22.6 Å². The summed E-state index contributed by atoms with van der Waals surface area (Å²) in [6.07, 6.45) is 0. The first-order valence-corrected chi connectivity index (χ1v) is 7.11. The van der Waals surface area contributed by atoms with Crippen molar-refractivity contribution in [1.82, 2.24) is 0 Å². The Kier molecular flexibility index (Phi) is 5.00. The summed E-state index contributed by atoms with van der Waals surface area (Å²) in [6, 6.07) is 9.07. The molecule has 0 atom stereocenters. The molecule has 0 aromatic heterocycles. The number of ether oxygens (including phenoxy) is 2. The summed E-state index contributed by atoms with van der Waals surface area (Å²) in [4.78, 5) is 12.2. The maximum atomic E-state index is 13.1. The van der Waals surface area contributed by atoms with Crippen molar-refractivity contribution in [3.63, 3.8) is 0 Å². The molecule has 1 amide bonds. The van der Waals surface area contributed by atoms with Crippen molar-refractivity contribution in [2.75, 3.05) is 19.5 Å². The molecule has 1 N–H and O–H groups in total. The molecule has 110 valence electrons. The lowest BCUT2D eigenvalue weighted by Crippen LogP contribution is -2.13. The summed E-state index contributed by atoms with van der Waals surface area (Å²) in [5.41, 5.74) is 0.940. The lowest BCUT2D eigenvalue weighted by atomic mass is 10.2. The summed E-state index contributed by atoms with van der Waals surface area (Å²) >= 11 is 1.92. The van der Waals surface area contributed by atoms with Crippen LogP contribution >= 0.6 is 22.6 Å². The molecule has 0 aliphatic heterocycles. The molecule has 0 aliphatic carbocycles. The molecule has 4 nitrogen and oxygen atoms in total. The molecule has 0 radical (unpaired) electrons. The molecule has 2 aromatic rings. The van der Waals surface area contributed by atoms with Crippen LogP contribution in [0.1, 0.15) is 10.4 Å². The SMILES string of the molecule is COc1cc(NC(=O)c2ccc(F)cc2I)cc(OC)c1. The van der Waals surface area contributed by atoms with E-state index in [9.17, 15) is 9.18 Å². The van der Waals surface area contributed by atoms with E-state index in [1.54, 1.807) is 18.2 Å². The van der Waals surface area contributed by atoms with Crippen LogP contribution in [0, 0.1) is 9.39 Å². The van der Waals surface area contributed by atoms with Crippen LogP contribution in [0.5, 0.6) is 11.5 Å². The minimum Gasteiger partial charge on any atom is -0.497 e. The predicted octanol–water partition coefficient (Wildman–Crippen LogP) is 3.70. The van der Waals surface area contributed by atoms with Crippen LogP contribution < -0.4 is 14.8 Å². The highest BCUT2D eigenvalue weighted by molar-refractivity contribution is 14.1. The average molecular weight is 401 g/mol. The van der Waals surface area contributed by atoms with E-state index in [2.05, 4.69) is 5.32 Å². The molecular weight excluding hydrogens is 388 g/mol. The van der Waals surface area contributed by atoms with Crippen LogP contribution in [0.3, 0.4) is 0 Å². The molecule has 0 saturated heterocycles. The summed E-state index contributed by atoms with van der Waals surface area (Å²) in [5, 5.41) is 2.74. The molecule has 0 unspecified atom stereocenters. The second kappa shape index (κ2) is 6.75. The first-order valence-electron chi connectivity index (χ1n) is 6.03. The van der Waals surface area contributed by atoms with Crippen molar-refractivity contribution in [3.05, 3.63) is 51.3 Å². The fourth-order valence-corrected chi connectivity index (χ4v) is 2.47. The molecule has 0 saturated carbocycles. The Morgan fingerprint density at radius 3 is 2.24 bits per heavy atom. The van der Waals surface area contributed by atoms with Crippen molar-refractivity contribution in [3.8, 4) is 11.5 Å². The first-order chi connectivity index (χ1) is 10.0. The first kappa shape index (κ1) is 15.6. The fraction of sp³-hybridized carbons (Fsp3) is 0.133. The lowest BCUT2D eigenvalue weighted by Gasteiger charge is -2.10. The number of anilines is 1. The minimum atomic E-state index is -0.376. The average Bonchev–Trinajstić information content (AvgIpc) is 2.46. The van der Waals surface area contributed by atoms with Crippen LogP contribution in [-0.2, 0) is 0 Å². The standard InChI is InChI=1S/C15H13FINO3/c1-20-11-6-10(7-12(8-11)21-2)18-15(19)13-4-3-9(16)5-14(13)17/h3-8H,1-2H3,(H,18,19). The quantitative estimate of drug-likeness (QED) is 0.796. The number of carbonyl (C=O) groups excluding carboxylic acids is 1. The topological polar surface area (TPSA) is 47.6 Å². The third kappa shape index (κ3) is 3.84. The third-order valence-corrected chi connectivity index (χ3v) is 3.68. The van der Waals surface area contributed by atoms with E-state index in [-0.39, 0.29) is 11.7 Å². The molecule has 0 fully saturated rings. The van der Waals surface area contributed by atoms with Crippen LogP contribution in [-0.4, -0.2) is 20.1 Å². The second-order valence-electron chi connectivity index (χ2n) is 4.18. The highest BCUT2D eigenvalue weighted by Gasteiger charge is 2.12. The van der Waals surface area contributed by atoms with E-state index in [0.29, 0.717) is 26.3 Å². The molecule has 2 aromatic carbocycles. The van der Waals surface area contributed by atoms with Gasteiger partial charge in [-0.1, -0.05) is 0 Å². The molecule has 0 aliphatic rings. The normalized spacial score (nSPS) is 10.1. The highest BCUT2D eigenvalue weighted by Crippen LogP contribution is 2.26. The molecular formula is C15H13FINO3. The zero-order chi connectivity index (χ0) is 15.4. The van der Waals surface area contributed by atoms with Gasteiger partial charge in [-0.05, 0) is 40.8 Å². The largest absolute Gasteiger partial charge is 0.497 e. The van der Waals surface area contributed by atoms with E-state index >= 15 is 0 Å². The zero-order valence-corrected chi connectivity index (χ0v) is 13.6. The lowest BCUT2D eigenvalue weighted by molar-refractivity contribution is 0.102. The van der Waals surface area contributed by atoms with Gasteiger partial charge in [0.25, 0.3) is 5.91 Å². The summed E-state index contributed by atoms with van der Waals surface area (Å²) in [6.45, 7) is 0. The van der Waals surface area contributed by atoms with Gasteiger partial charge in [0.1, 0.15) is 17.3 Å². The van der Waals surface area contributed by atoms with Gasteiger partial charge in [0.2, 0.25) is 0 Å². The van der Waals surface area contributed by atoms with E-state index < -0.39 is 0 Å². The Hall–Kier alpha value is -1.83. The predicted molar refractivity (Wildman–Crippen MR) is 86.6 cm³/mol. The Labute approximate surface area is 135 Å². The fourth-order valence-electron chi connectivity index (χ4n) is 1.75. The number of amides is 1. The second-order valence-corrected chi connectivity index (χ2v) is 5.34. The number of nitrogens with one attached hydrogen (secondary N) is 1. The maximum absolute atomic E-state index is 13.1. The molecule has 0 heterocycles. The maximum Gasteiger partial charge on any atom is 0.256 e. The van der Waals surface area contributed by atoms with Crippen LogP contribution in [0.4, 0.5) is 10.1 Å². The summed E-state index contributed by atoms with van der Waals surface area (Å²) in [5.74, 6) is 0.436. The number of hydrogen-bond acceptors (Lipinski definition) is 3. The molecule has 6 heteroatoms. The highest BCUT2D eigenvalue weighted by atomic mass is 127. The molecule has 21 heavy (non-hydrogen) atoms. The number of methoxy groups -OCH3 is 2. The van der Waals surface area contributed by atoms with Gasteiger partial charge in [-0.15, -0.1) is 0 Å². The van der Waals surface area contributed by atoms with Crippen molar-refractivity contribution in [2.45, 2.75) is 0 Å².